The van der Waals surface area contributed by atoms with E-state index in [0.29, 0.717) is 24.4 Å². The zero-order chi connectivity index (χ0) is 23.5. The van der Waals surface area contributed by atoms with Gasteiger partial charge >= 0.3 is 0 Å². The standard InChI is InChI=1S/C27H40N4O3/c1-27(26(33)28-21-11-6-2-3-7-12-21)20-30-22-13-18-34-24(22)19-23(30)25(32)31(27)17-10-16-29-14-8-4-5-9-15-29/h13,18-19,21H,2-12,14-17,20H2,1H3,(H,28,33). The van der Waals surface area contributed by atoms with E-state index in [4.69, 9.17) is 4.42 Å². The minimum Gasteiger partial charge on any atom is -0.463 e. The van der Waals surface area contributed by atoms with E-state index >= 15 is 0 Å². The smallest absolute Gasteiger partial charge is 0.271 e. The number of amides is 2. The van der Waals surface area contributed by atoms with Crippen LogP contribution in [0.4, 0.5) is 0 Å². The van der Waals surface area contributed by atoms with Crippen molar-refractivity contribution in [2.75, 3.05) is 26.2 Å². The van der Waals surface area contributed by atoms with Crippen LogP contribution in [0.1, 0.15) is 88.0 Å². The fourth-order valence-corrected chi connectivity index (χ4v) is 6.20. The number of aromatic nitrogens is 1. The van der Waals surface area contributed by atoms with E-state index in [1.807, 2.05) is 28.5 Å². The van der Waals surface area contributed by atoms with Gasteiger partial charge in [-0.05, 0) is 58.7 Å². The first-order valence-corrected chi connectivity index (χ1v) is 13.5. The molecule has 1 atom stereocenters. The Hall–Kier alpha value is -2.28. The molecular weight excluding hydrogens is 428 g/mol. The average Bonchev–Trinajstić information content (AvgIpc) is 3.17. The fourth-order valence-electron chi connectivity index (χ4n) is 6.20. The van der Waals surface area contributed by atoms with Crippen LogP contribution in [0.25, 0.3) is 11.1 Å². The Labute approximate surface area is 202 Å². The van der Waals surface area contributed by atoms with E-state index in [-0.39, 0.29) is 17.9 Å². The molecule has 186 valence electrons. The lowest BCUT2D eigenvalue weighted by atomic mass is 9.93. The number of carbonyl (C=O) groups is 2. The summed E-state index contributed by atoms with van der Waals surface area (Å²) in [4.78, 5) is 32.0. The largest absolute Gasteiger partial charge is 0.463 e. The molecular formula is C27H40N4O3. The van der Waals surface area contributed by atoms with Gasteiger partial charge in [-0.25, -0.2) is 0 Å². The number of nitrogens with one attached hydrogen (secondary N) is 1. The van der Waals surface area contributed by atoms with Gasteiger partial charge in [0.25, 0.3) is 5.91 Å². The van der Waals surface area contributed by atoms with Crippen molar-refractivity contribution in [2.24, 2.45) is 0 Å². The van der Waals surface area contributed by atoms with E-state index in [9.17, 15) is 9.59 Å². The van der Waals surface area contributed by atoms with E-state index in [1.54, 1.807) is 6.26 Å². The molecule has 2 aliphatic heterocycles. The van der Waals surface area contributed by atoms with Crippen LogP contribution < -0.4 is 5.32 Å². The summed E-state index contributed by atoms with van der Waals surface area (Å²) in [7, 11) is 0. The molecule has 1 saturated carbocycles. The van der Waals surface area contributed by atoms with Gasteiger partial charge in [0, 0.05) is 24.7 Å². The van der Waals surface area contributed by atoms with Gasteiger partial charge in [-0.3, -0.25) is 9.59 Å². The molecule has 2 fully saturated rings. The zero-order valence-corrected chi connectivity index (χ0v) is 20.7. The lowest BCUT2D eigenvalue weighted by molar-refractivity contribution is -0.133. The minimum absolute atomic E-state index is 0.0153. The van der Waals surface area contributed by atoms with Crippen LogP contribution in [-0.2, 0) is 11.3 Å². The first kappa shape index (κ1) is 23.5. The first-order valence-electron chi connectivity index (χ1n) is 13.5. The Morgan fingerprint density at radius 1 is 1.06 bits per heavy atom. The second-order valence-corrected chi connectivity index (χ2v) is 10.8. The Kier molecular flexibility index (Phi) is 7.00. The second-order valence-electron chi connectivity index (χ2n) is 10.8. The summed E-state index contributed by atoms with van der Waals surface area (Å²) in [5.41, 5.74) is 1.31. The van der Waals surface area contributed by atoms with Crippen LogP contribution >= 0.6 is 0 Å². The van der Waals surface area contributed by atoms with Crippen molar-refractivity contribution in [2.45, 2.75) is 95.7 Å². The number of likely N-dealkylation sites (tertiary alicyclic amines) is 1. The topological polar surface area (TPSA) is 70.7 Å². The average molecular weight is 469 g/mol. The van der Waals surface area contributed by atoms with Gasteiger partial charge in [-0.1, -0.05) is 38.5 Å². The zero-order valence-electron chi connectivity index (χ0n) is 20.7. The molecule has 7 nitrogen and oxygen atoms in total. The number of carbonyl (C=O) groups excluding carboxylic acids is 2. The molecule has 0 bridgehead atoms. The number of hydrogen-bond donors (Lipinski definition) is 1. The summed E-state index contributed by atoms with van der Waals surface area (Å²) >= 11 is 0. The molecule has 2 aromatic heterocycles. The van der Waals surface area contributed by atoms with Gasteiger partial charge < -0.3 is 24.1 Å². The number of rotatable bonds is 6. The predicted molar refractivity (Wildman–Crippen MR) is 133 cm³/mol. The molecule has 1 unspecified atom stereocenters. The van der Waals surface area contributed by atoms with Crippen molar-refractivity contribution in [3.05, 3.63) is 24.1 Å². The summed E-state index contributed by atoms with van der Waals surface area (Å²) in [6.45, 7) is 6.28. The number of fused-ring (bicyclic) bond motifs is 3. The van der Waals surface area contributed by atoms with Crippen LogP contribution in [-0.4, -0.2) is 63.9 Å². The maximum atomic E-state index is 13.8. The lowest BCUT2D eigenvalue weighted by Gasteiger charge is -2.44. The molecule has 0 radical (unpaired) electrons. The number of hydrogen-bond acceptors (Lipinski definition) is 4. The van der Waals surface area contributed by atoms with Crippen molar-refractivity contribution in [3.8, 4) is 0 Å². The first-order chi connectivity index (χ1) is 16.6. The Balaban J connectivity index is 1.36. The number of furan rings is 1. The van der Waals surface area contributed by atoms with Crippen LogP contribution in [0.15, 0.2) is 22.8 Å². The van der Waals surface area contributed by atoms with Gasteiger partial charge in [0.2, 0.25) is 5.91 Å². The van der Waals surface area contributed by atoms with Crippen LogP contribution in [0.2, 0.25) is 0 Å². The molecule has 4 heterocycles. The van der Waals surface area contributed by atoms with Gasteiger partial charge in [0.05, 0.1) is 18.3 Å². The molecule has 1 N–H and O–H groups in total. The molecule has 3 aliphatic rings. The summed E-state index contributed by atoms with van der Waals surface area (Å²) in [5, 5.41) is 3.35. The second kappa shape index (κ2) is 10.1. The molecule has 1 aliphatic carbocycles. The van der Waals surface area contributed by atoms with E-state index in [1.165, 1.54) is 38.5 Å². The third-order valence-corrected chi connectivity index (χ3v) is 8.28. The SMILES string of the molecule is CC1(C(=O)NC2CCCCCC2)Cn2c(cc3occc32)C(=O)N1CCCN1CCCCCC1. The summed E-state index contributed by atoms with van der Waals surface area (Å²) < 4.78 is 7.58. The lowest BCUT2D eigenvalue weighted by Crippen LogP contribution is -2.65. The molecule has 0 spiro atoms. The normalized spacial score (nSPS) is 25.2. The maximum absolute atomic E-state index is 13.8. The summed E-state index contributed by atoms with van der Waals surface area (Å²) in [5.74, 6) is -0.0782. The van der Waals surface area contributed by atoms with Crippen LogP contribution in [0, 0.1) is 0 Å². The quantitative estimate of drug-likeness (QED) is 0.631. The molecule has 2 aromatic rings. The molecule has 5 rings (SSSR count). The van der Waals surface area contributed by atoms with Gasteiger partial charge in [-0.15, -0.1) is 0 Å². The Morgan fingerprint density at radius 2 is 1.76 bits per heavy atom. The Bertz CT molecular complexity index is 995. The number of nitrogens with zero attached hydrogens (tertiary/aromatic N) is 3. The Morgan fingerprint density at radius 3 is 2.50 bits per heavy atom. The maximum Gasteiger partial charge on any atom is 0.271 e. The van der Waals surface area contributed by atoms with Gasteiger partial charge in [0.15, 0.2) is 5.58 Å². The molecule has 7 heteroatoms. The van der Waals surface area contributed by atoms with Crippen molar-refractivity contribution in [3.63, 3.8) is 0 Å². The van der Waals surface area contributed by atoms with Gasteiger partial charge in [-0.2, -0.15) is 0 Å². The van der Waals surface area contributed by atoms with Crippen LogP contribution in [0.5, 0.6) is 0 Å². The van der Waals surface area contributed by atoms with Crippen LogP contribution in [0.3, 0.4) is 0 Å². The van der Waals surface area contributed by atoms with Crippen molar-refractivity contribution in [1.29, 1.82) is 0 Å². The highest BCUT2D eigenvalue weighted by molar-refractivity contribution is 6.02. The third kappa shape index (κ3) is 4.64. The van der Waals surface area contributed by atoms with E-state index in [2.05, 4.69) is 10.2 Å². The highest BCUT2D eigenvalue weighted by Gasteiger charge is 2.48. The van der Waals surface area contributed by atoms with E-state index in [0.717, 1.165) is 57.3 Å². The van der Waals surface area contributed by atoms with Crippen molar-refractivity contribution >= 4 is 22.9 Å². The monoisotopic (exact) mass is 468 g/mol. The summed E-state index contributed by atoms with van der Waals surface area (Å²) in [6, 6.07) is 3.94. The molecule has 0 aromatic carbocycles. The highest BCUT2D eigenvalue weighted by atomic mass is 16.3. The molecule has 2 amide bonds. The molecule has 1 saturated heterocycles. The van der Waals surface area contributed by atoms with Gasteiger partial charge in [0.1, 0.15) is 11.2 Å². The van der Waals surface area contributed by atoms with Crippen molar-refractivity contribution in [1.82, 2.24) is 19.7 Å². The molecule has 34 heavy (non-hydrogen) atoms. The fraction of sp³-hybridized carbons (Fsp3) is 0.704. The van der Waals surface area contributed by atoms with Crippen molar-refractivity contribution < 1.29 is 14.0 Å². The minimum atomic E-state index is -0.918. The summed E-state index contributed by atoms with van der Waals surface area (Å²) in [6.07, 6.45) is 14.6. The predicted octanol–water partition coefficient (Wildman–Crippen LogP) is 4.55. The third-order valence-electron chi connectivity index (χ3n) is 8.28. The van der Waals surface area contributed by atoms with E-state index < -0.39 is 5.54 Å². The highest BCUT2D eigenvalue weighted by Crippen LogP contribution is 2.33.